The van der Waals surface area contributed by atoms with E-state index in [9.17, 15) is 18.0 Å². The van der Waals surface area contributed by atoms with Crippen LogP contribution >= 0.6 is 0 Å². The molecular formula is C17H15F3N2O2. The Bertz CT molecular complexity index is 738. The maximum absolute atomic E-state index is 12.6. The molecule has 24 heavy (non-hydrogen) atoms. The van der Waals surface area contributed by atoms with Crippen molar-refractivity contribution in [2.75, 3.05) is 13.1 Å². The van der Waals surface area contributed by atoms with Crippen LogP contribution in [0.2, 0.25) is 0 Å². The van der Waals surface area contributed by atoms with E-state index in [4.69, 9.17) is 4.74 Å². The number of benzene rings is 1. The summed E-state index contributed by atoms with van der Waals surface area (Å²) < 4.78 is 43.4. The highest BCUT2D eigenvalue weighted by atomic mass is 19.4. The largest absolute Gasteiger partial charge is 0.471 e. The van der Waals surface area contributed by atoms with Crippen LogP contribution in [0.5, 0.6) is 5.88 Å². The van der Waals surface area contributed by atoms with Crippen molar-refractivity contribution in [1.29, 1.82) is 0 Å². The molecule has 3 rings (SSSR count). The third-order valence-electron chi connectivity index (χ3n) is 3.78. The van der Waals surface area contributed by atoms with Crippen LogP contribution < -0.4 is 4.74 Å². The molecule has 2 aromatic rings. The zero-order valence-corrected chi connectivity index (χ0v) is 12.9. The lowest BCUT2D eigenvalue weighted by Gasteiger charge is -2.38. The Morgan fingerprint density at radius 1 is 1.21 bits per heavy atom. The summed E-state index contributed by atoms with van der Waals surface area (Å²) in [6, 6.07) is 8.97. The molecule has 4 nitrogen and oxygen atoms in total. The number of likely N-dealkylation sites (tertiary alicyclic amines) is 1. The molecule has 1 aliphatic rings. The van der Waals surface area contributed by atoms with Crippen molar-refractivity contribution >= 4 is 5.91 Å². The van der Waals surface area contributed by atoms with E-state index in [1.165, 1.54) is 0 Å². The van der Waals surface area contributed by atoms with Crippen LogP contribution in [-0.2, 0) is 6.18 Å². The molecule has 1 aromatic carbocycles. The van der Waals surface area contributed by atoms with E-state index in [0.29, 0.717) is 18.7 Å². The molecule has 1 aliphatic heterocycles. The van der Waals surface area contributed by atoms with E-state index < -0.39 is 11.7 Å². The molecule has 7 heteroatoms. The molecule has 1 saturated heterocycles. The lowest BCUT2D eigenvalue weighted by molar-refractivity contribution is -0.137. The summed E-state index contributed by atoms with van der Waals surface area (Å²) in [6.45, 7) is 2.58. The van der Waals surface area contributed by atoms with Crippen molar-refractivity contribution in [2.24, 2.45) is 0 Å². The standard InChI is InChI=1S/C17H15F3N2O2/c1-11-2-4-12(5-3-11)16(23)22-9-14(10-22)24-15-8-13(6-7-21-15)17(18,19)20/h2-8,14H,9-10H2,1H3. The maximum Gasteiger partial charge on any atom is 0.416 e. The number of rotatable bonds is 3. The summed E-state index contributed by atoms with van der Waals surface area (Å²) in [7, 11) is 0. The zero-order valence-electron chi connectivity index (χ0n) is 12.9. The van der Waals surface area contributed by atoms with Crippen LogP contribution in [0.4, 0.5) is 13.2 Å². The summed E-state index contributed by atoms with van der Waals surface area (Å²) in [4.78, 5) is 17.6. The van der Waals surface area contributed by atoms with Gasteiger partial charge >= 0.3 is 6.18 Å². The second kappa shape index (κ2) is 6.14. The Balaban J connectivity index is 1.57. The number of aryl methyl sites for hydroxylation is 1. The first-order valence-corrected chi connectivity index (χ1v) is 7.39. The number of alkyl halides is 3. The highest BCUT2D eigenvalue weighted by Crippen LogP contribution is 2.31. The average molecular weight is 336 g/mol. The smallest absolute Gasteiger partial charge is 0.416 e. The van der Waals surface area contributed by atoms with Gasteiger partial charge < -0.3 is 9.64 Å². The number of pyridine rings is 1. The molecule has 0 N–H and O–H groups in total. The minimum atomic E-state index is -4.44. The predicted molar refractivity (Wildman–Crippen MR) is 80.7 cm³/mol. The van der Waals surface area contributed by atoms with E-state index >= 15 is 0 Å². The minimum Gasteiger partial charge on any atom is -0.471 e. The van der Waals surface area contributed by atoms with E-state index in [2.05, 4.69) is 4.98 Å². The van der Waals surface area contributed by atoms with Gasteiger partial charge in [0.05, 0.1) is 18.7 Å². The van der Waals surface area contributed by atoms with Crippen molar-refractivity contribution in [2.45, 2.75) is 19.2 Å². The second-order valence-electron chi connectivity index (χ2n) is 5.70. The monoisotopic (exact) mass is 336 g/mol. The van der Waals surface area contributed by atoms with Gasteiger partial charge in [0.15, 0.2) is 0 Å². The molecule has 0 radical (unpaired) electrons. The molecule has 0 spiro atoms. The van der Waals surface area contributed by atoms with Gasteiger partial charge in [-0.1, -0.05) is 17.7 Å². The Labute approximate surface area is 136 Å². The Morgan fingerprint density at radius 2 is 1.88 bits per heavy atom. The SMILES string of the molecule is Cc1ccc(C(=O)N2CC(Oc3cc(C(F)(F)F)ccn3)C2)cc1. The number of carbonyl (C=O) groups is 1. The van der Waals surface area contributed by atoms with E-state index in [1.807, 2.05) is 19.1 Å². The number of carbonyl (C=O) groups excluding carboxylic acids is 1. The van der Waals surface area contributed by atoms with Crippen LogP contribution in [0.1, 0.15) is 21.5 Å². The molecule has 0 bridgehead atoms. The maximum atomic E-state index is 12.6. The van der Waals surface area contributed by atoms with Gasteiger partial charge in [-0.2, -0.15) is 13.2 Å². The van der Waals surface area contributed by atoms with Gasteiger partial charge in [0.2, 0.25) is 5.88 Å². The zero-order chi connectivity index (χ0) is 17.3. The Morgan fingerprint density at radius 3 is 2.50 bits per heavy atom. The van der Waals surface area contributed by atoms with Crippen LogP contribution in [0.3, 0.4) is 0 Å². The van der Waals surface area contributed by atoms with Crippen LogP contribution in [0.25, 0.3) is 0 Å². The molecule has 0 atom stereocenters. The quantitative estimate of drug-likeness (QED) is 0.864. The topological polar surface area (TPSA) is 42.4 Å². The van der Waals surface area contributed by atoms with Crippen molar-refractivity contribution in [1.82, 2.24) is 9.88 Å². The highest BCUT2D eigenvalue weighted by molar-refractivity contribution is 5.94. The molecule has 1 aromatic heterocycles. The average Bonchev–Trinajstić information content (AvgIpc) is 2.50. The minimum absolute atomic E-state index is 0.0859. The van der Waals surface area contributed by atoms with Gasteiger partial charge in [-0.05, 0) is 25.1 Å². The van der Waals surface area contributed by atoms with Crippen molar-refractivity contribution in [3.05, 3.63) is 59.3 Å². The van der Waals surface area contributed by atoms with Crippen LogP contribution in [-0.4, -0.2) is 35.0 Å². The van der Waals surface area contributed by atoms with Gasteiger partial charge in [0.1, 0.15) is 6.10 Å². The molecule has 2 heterocycles. The number of ether oxygens (including phenoxy) is 1. The van der Waals surface area contributed by atoms with Gasteiger partial charge in [-0.15, -0.1) is 0 Å². The fraction of sp³-hybridized carbons (Fsp3) is 0.294. The summed E-state index contributed by atoms with van der Waals surface area (Å²) in [6.07, 6.45) is -3.73. The highest BCUT2D eigenvalue weighted by Gasteiger charge is 2.34. The second-order valence-corrected chi connectivity index (χ2v) is 5.70. The number of hydrogen-bond donors (Lipinski definition) is 0. The molecule has 1 fully saturated rings. The Hall–Kier alpha value is -2.57. The van der Waals surface area contributed by atoms with Gasteiger partial charge in [0, 0.05) is 17.8 Å². The normalized spacial score (nSPS) is 15.1. The van der Waals surface area contributed by atoms with Crippen molar-refractivity contribution in [3.8, 4) is 5.88 Å². The first-order chi connectivity index (χ1) is 11.3. The van der Waals surface area contributed by atoms with Crippen LogP contribution in [0, 0.1) is 6.92 Å². The Kier molecular flexibility index (Phi) is 4.17. The summed E-state index contributed by atoms with van der Waals surface area (Å²) in [5.41, 5.74) is 0.836. The van der Waals surface area contributed by atoms with Crippen molar-refractivity contribution < 1.29 is 22.7 Å². The molecule has 126 valence electrons. The number of amides is 1. The first-order valence-electron chi connectivity index (χ1n) is 7.39. The van der Waals surface area contributed by atoms with Crippen LogP contribution in [0.15, 0.2) is 42.6 Å². The van der Waals surface area contributed by atoms with Crippen molar-refractivity contribution in [3.63, 3.8) is 0 Å². The molecular weight excluding hydrogens is 321 g/mol. The fourth-order valence-corrected chi connectivity index (χ4v) is 2.38. The fourth-order valence-electron chi connectivity index (χ4n) is 2.38. The summed E-state index contributed by atoms with van der Waals surface area (Å²) in [5, 5.41) is 0. The van der Waals surface area contributed by atoms with E-state index in [1.54, 1.807) is 17.0 Å². The molecule has 0 saturated carbocycles. The number of hydrogen-bond acceptors (Lipinski definition) is 3. The van der Waals surface area contributed by atoms with E-state index in [-0.39, 0.29) is 17.9 Å². The first kappa shape index (κ1) is 16.3. The van der Waals surface area contributed by atoms with Gasteiger partial charge in [0.25, 0.3) is 5.91 Å². The lowest BCUT2D eigenvalue weighted by Crippen LogP contribution is -2.56. The lowest BCUT2D eigenvalue weighted by atomic mass is 10.1. The summed E-state index contributed by atoms with van der Waals surface area (Å²) in [5.74, 6) is -0.205. The molecule has 0 aliphatic carbocycles. The number of nitrogens with zero attached hydrogens (tertiary/aromatic N) is 2. The van der Waals surface area contributed by atoms with Gasteiger partial charge in [-0.25, -0.2) is 4.98 Å². The molecule has 1 amide bonds. The summed E-state index contributed by atoms with van der Waals surface area (Å²) >= 11 is 0. The number of aromatic nitrogens is 1. The van der Waals surface area contributed by atoms with E-state index in [0.717, 1.165) is 23.9 Å². The third kappa shape index (κ3) is 3.50. The number of halogens is 3. The van der Waals surface area contributed by atoms with Gasteiger partial charge in [-0.3, -0.25) is 4.79 Å². The molecule has 0 unspecified atom stereocenters. The predicted octanol–water partition coefficient (Wildman–Crippen LogP) is 3.31. The third-order valence-corrected chi connectivity index (χ3v) is 3.78.